The van der Waals surface area contributed by atoms with E-state index in [0.717, 1.165) is 0 Å². The Kier molecular flexibility index (Phi) is 5.63. The van der Waals surface area contributed by atoms with E-state index in [1.165, 1.54) is 0 Å². The first kappa shape index (κ1) is 18.5. The summed E-state index contributed by atoms with van der Waals surface area (Å²) >= 11 is 0. The standard InChI is InChI=1S/C13H22N2O6S2/c14-15-13(22(18,19)11-7-3-1-5-9(11)16)23(20,21)12-8-4-2-6-10(12)17/h9-12,16-17H,1-8H2. The number of hydrogen-bond acceptors (Lipinski definition) is 6. The van der Waals surface area contributed by atoms with E-state index in [1.54, 1.807) is 0 Å². The number of sulfone groups is 2. The van der Waals surface area contributed by atoms with Crippen LogP contribution in [0.2, 0.25) is 0 Å². The molecule has 2 rings (SSSR count). The molecule has 4 unspecified atom stereocenters. The van der Waals surface area contributed by atoms with Gasteiger partial charge in [0.25, 0.3) is 19.7 Å². The lowest BCUT2D eigenvalue weighted by Crippen LogP contribution is -2.48. The molecule has 0 bridgehead atoms. The van der Waals surface area contributed by atoms with Crippen LogP contribution in [0.1, 0.15) is 51.4 Å². The van der Waals surface area contributed by atoms with Crippen molar-refractivity contribution >= 4 is 24.1 Å². The zero-order chi connectivity index (χ0) is 17.3. The second kappa shape index (κ2) is 6.98. The van der Waals surface area contributed by atoms with Gasteiger partial charge in [0.2, 0.25) is 0 Å². The predicted octanol–water partition coefficient (Wildman–Crippen LogP) is 0.00880. The van der Waals surface area contributed by atoms with Crippen molar-refractivity contribution in [3.8, 4) is 0 Å². The van der Waals surface area contributed by atoms with Crippen LogP contribution in [0.3, 0.4) is 0 Å². The van der Waals surface area contributed by atoms with Gasteiger partial charge in [-0.05, 0) is 25.7 Å². The van der Waals surface area contributed by atoms with Crippen molar-refractivity contribution in [1.82, 2.24) is 0 Å². The Labute approximate surface area is 136 Å². The number of rotatable bonds is 2. The maximum Gasteiger partial charge on any atom is 0.495 e. The Morgan fingerprint density at radius 3 is 1.43 bits per heavy atom. The molecule has 0 aliphatic heterocycles. The lowest BCUT2D eigenvalue weighted by Gasteiger charge is -2.28. The molecule has 10 heteroatoms. The smallest absolute Gasteiger partial charge is 0.392 e. The minimum Gasteiger partial charge on any atom is -0.392 e. The SMILES string of the molecule is [N-]=[N+]=C(S(=O)(=O)C1CCCCC1O)S(=O)(=O)C1CCCCC1O. The largest absolute Gasteiger partial charge is 0.495 e. The van der Waals surface area contributed by atoms with E-state index in [2.05, 4.69) is 4.79 Å². The third kappa shape index (κ3) is 3.51. The molecule has 4 atom stereocenters. The summed E-state index contributed by atoms with van der Waals surface area (Å²) in [4.78, 5) is 2.57. The van der Waals surface area contributed by atoms with E-state index in [9.17, 15) is 27.0 Å². The molecule has 2 N–H and O–H groups in total. The number of nitrogens with zero attached hydrogens (tertiary/aromatic N) is 2. The molecule has 8 nitrogen and oxygen atoms in total. The highest BCUT2D eigenvalue weighted by atomic mass is 32.3. The summed E-state index contributed by atoms with van der Waals surface area (Å²) < 4.78 is 49.1. The van der Waals surface area contributed by atoms with E-state index in [4.69, 9.17) is 5.53 Å². The van der Waals surface area contributed by atoms with E-state index in [-0.39, 0.29) is 25.7 Å². The van der Waals surface area contributed by atoms with Crippen LogP contribution in [0.15, 0.2) is 0 Å². The molecule has 2 aliphatic carbocycles. The Morgan fingerprint density at radius 2 is 1.13 bits per heavy atom. The summed E-state index contributed by atoms with van der Waals surface area (Å²) in [7, 11) is -9.01. The summed E-state index contributed by atoms with van der Waals surface area (Å²) in [5.41, 5.74) is 9.10. The highest BCUT2D eigenvalue weighted by molar-refractivity contribution is 8.31. The average molecular weight is 366 g/mol. The molecule has 23 heavy (non-hydrogen) atoms. The van der Waals surface area contributed by atoms with Crippen LogP contribution in [-0.2, 0) is 19.7 Å². The number of hydrogen-bond donors (Lipinski definition) is 2. The Balaban J connectivity index is 2.40. The molecule has 2 fully saturated rings. The van der Waals surface area contributed by atoms with Crippen LogP contribution >= 0.6 is 0 Å². The first-order valence-electron chi connectivity index (χ1n) is 7.79. The van der Waals surface area contributed by atoms with Crippen molar-refractivity contribution in [3.05, 3.63) is 5.53 Å². The number of aliphatic hydroxyl groups is 2. The minimum absolute atomic E-state index is 0.116. The van der Waals surface area contributed by atoms with Gasteiger partial charge < -0.3 is 15.7 Å². The molecular weight excluding hydrogens is 344 g/mol. The Morgan fingerprint density at radius 1 is 0.783 bits per heavy atom. The third-order valence-corrected chi connectivity index (χ3v) is 9.93. The number of aliphatic hydroxyl groups excluding tert-OH is 2. The van der Waals surface area contributed by atoms with Crippen molar-refractivity contribution < 1.29 is 31.8 Å². The van der Waals surface area contributed by atoms with Gasteiger partial charge in [0.05, 0.1) is 22.7 Å². The molecule has 0 heterocycles. The quantitative estimate of drug-likeness (QED) is 0.305. The predicted molar refractivity (Wildman–Crippen MR) is 83.0 cm³/mol. The molecule has 0 aromatic carbocycles. The van der Waals surface area contributed by atoms with Crippen LogP contribution in [0.4, 0.5) is 0 Å². The van der Waals surface area contributed by atoms with Gasteiger partial charge in [0.15, 0.2) is 0 Å². The highest BCUT2D eigenvalue weighted by Gasteiger charge is 2.53. The molecule has 2 saturated carbocycles. The molecule has 0 amide bonds. The van der Waals surface area contributed by atoms with Crippen LogP contribution in [0, 0.1) is 0 Å². The minimum atomic E-state index is -4.50. The van der Waals surface area contributed by atoms with E-state index < -0.39 is 46.8 Å². The molecular formula is C13H22N2O6S2. The van der Waals surface area contributed by atoms with Crippen molar-refractivity contribution in [3.63, 3.8) is 0 Å². The second-order valence-corrected chi connectivity index (χ2v) is 10.7. The molecule has 0 aromatic rings. The molecule has 0 radical (unpaired) electrons. The summed E-state index contributed by atoms with van der Waals surface area (Å²) in [6.45, 7) is 0. The van der Waals surface area contributed by atoms with Gasteiger partial charge in [-0.1, -0.05) is 25.7 Å². The Hall–Kier alpha value is -0.800. The van der Waals surface area contributed by atoms with Gasteiger partial charge in [-0.25, -0.2) is 16.8 Å². The third-order valence-electron chi connectivity index (χ3n) is 4.70. The van der Waals surface area contributed by atoms with Gasteiger partial charge in [-0.15, -0.1) is 4.79 Å². The van der Waals surface area contributed by atoms with Crippen molar-refractivity contribution in [2.75, 3.05) is 0 Å². The Bertz CT molecular complexity index is 642. The maximum atomic E-state index is 12.6. The van der Waals surface area contributed by atoms with Crippen LogP contribution in [0.25, 0.3) is 5.53 Å². The first-order chi connectivity index (χ1) is 10.7. The summed E-state index contributed by atoms with van der Waals surface area (Å²) in [6, 6.07) is 0. The molecule has 132 valence electrons. The molecule has 0 aromatic heterocycles. The van der Waals surface area contributed by atoms with Gasteiger partial charge in [0, 0.05) is 0 Å². The van der Waals surface area contributed by atoms with Gasteiger partial charge in [-0.2, -0.15) is 0 Å². The maximum absolute atomic E-state index is 12.6. The molecule has 2 aliphatic rings. The lowest BCUT2D eigenvalue weighted by atomic mass is 9.97. The highest BCUT2D eigenvalue weighted by Crippen LogP contribution is 2.30. The average Bonchev–Trinajstić information content (AvgIpc) is 2.47. The van der Waals surface area contributed by atoms with Gasteiger partial charge >= 0.3 is 4.38 Å². The second-order valence-electron chi connectivity index (χ2n) is 6.24. The van der Waals surface area contributed by atoms with Crippen molar-refractivity contribution in [1.29, 1.82) is 0 Å². The van der Waals surface area contributed by atoms with Gasteiger partial charge in [0.1, 0.15) is 0 Å². The lowest BCUT2D eigenvalue weighted by molar-refractivity contribution is 0.00312. The molecule has 0 saturated heterocycles. The van der Waals surface area contributed by atoms with Crippen LogP contribution < -0.4 is 0 Å². The normalized spacial score (nSPS) is 33.0. The summed E-state index contributed by atoms with van der Waals surface area (Å²) in [6.07, 6.45) is 0.797. The molecule has 0 spiro atoms. The van der Waals surface area contributed by atoms with E-state index in [0.29, 0.717) is 25.7 Å². The van der Waals surface area contributed by atoms with Crippen LogP contribution in [0.5, 0.6) is 0 Å². The summed E-state index contributed by atoms with van der Waals surface area (Å²) in [5.74, 6) is 0. The van der Waals surface area contributed by atoms with Gasteiger partial charge in [-0.3, -0.25) is 0 Å². The fourth-order valence-electron chi connectivity index (χ4n) is 3.41. The fraction of sp³-hybridized carbons (Fsp3) is 0.923. The topological polar surface area (TPSA) is 145 Å². The fourth-order valence-corrected chi connectivity index (χ4v) is 8.25. The van der Waals surface area contributed by atoms with E-state index >= 15 is 0 Å². The van der Waals surface area contributed by atoms with Crippen molar-refractivity contribution in [2.45, 2.75) is 74.1 Å². The summed E-state index contributed by atoms with van der Waals surface area (Å²) in [5, 5.41) is 17.2. The van der Waals surface area contributed by atoms with E-state index in [1.807, 2.05) is 0 Å². The monoisotopic (exact) mass is 366 g/mol. The van der Waals surface area contributed by atoms with Crippen molar-refractivity contribution in [2.24, 2.45) is 0 Å². The zero-order valence-corrected chi connectivity index (χ0v) is 14.3. The zero-order valence-electron chi connectivity index (χ0n) is 12.7. The first-order valence-corrected chi connectivity index (χ1v) is 10.9. The van der Waals surface area contributed by atoms with Crippen LogP contribution in [-0.4, -0.2) is 58.9 Å².